The van der Waals surface area contributed by atoms with E-state index in [4.69, 9.17) is 0 Å². The van der Waals surface area contributed by atoms with Crippen molar-refractivity contribution in [1.82, 2.24) is 5.32 Å². The third-order valence-electron chi connectivity index (χ3n) is 2.35. The largest absolute Gasteiger partial charge is 0.316 e. The summed E-state index contributed by atoms with van der Waals surface area (Å²) in [6.07, 6.45) is 7.23. The average molecular weight is 213 g/mol. The molecule has 0 aromatic carbocycles. The maximum absolute atomic E-state index is 10.8. The van der Waals surface area contributed by atoms with Gasteiger partial charge in [0.25, 0.3) is 5.91 Å². The van der Waals surface area contributed by atoms with E-state index in [1.807, 2.05) is 6.08 Å². The number of carbonyl (C=O) groups excluding carboxylic acids is 1. The summed E-state index contributed by atoms with van der Waals surface area (Å²) in [6, 6.07) is 0. The van der Waals surface area contributed by atoms with Crippen LogP contribution in [0, 0.1) is 0 Å². The third-order valence-corrected chi connectivity index (χ3v) is 2.35. The summed E-state index contributed by atoms with van der Waals surface area (Å²) in [5.74, 6) is -0.154. The van der Waals surface area contributed by atoms with Crippen molar-refractivity contribution in [3.8, 4) is 0 Å². The van der Waals surface area contributed by atoms with Gasteiger partial charge in [-0.05, 0) is 37.6 Å². The number of nitrogens with one attached hydrogen (secondary N) is 1. The minimum absolute atomic E-state index is 0. The van der Waals surface area contributed by atoms with Gasteiger partial charge in [0.05, 0.1) is 0 Å². The Morgan fingerprint density at radius 1 is 1.21 bits per heavy atom. The van der Waals surface area contributed by atoms with Gasteiger partial charge >= 0.3 is 0 Å². The predicted molar refractivity (Wildman–Crippen MR) is 59.0 cm³/mol. The van der Waals surface area contributed by atoms with Crippen LogP contribution in [0.15, 0.2) is 28.3 Å². The number of amides is 1. The molecule has 0 aromatic heterocycles. The molecule has 0 radical (unpaired) electrons. The molecule has 0 saturated carbocycles. The highest BCUT2D eigenvalue weighted by Crippen LogP contribution is 2.17. The fraction of sp³-hybridized carbons (Fsp3) is 0.400. The second kappa shape index (κ2) is 5.08. The normalized spacial score (nSPS) is 21.0. The van der Waals surface area contributed by atoms with Gasteiger partial charge in [-0.25, -0.2) is 4.99 Å². The van der Waals surface area contributed by atoms with Crippen LogP contribution in [0.25, 0.3) is 0 Å². The summed E-state index contributed by atoms with van der Waals surface area (Å²) in [7, 11) is 0. The van der Waals surface area contributed by atoms with Crippen LogP contribution in [0.5, 0.6) is 0 Å². The Kier molecular flexibility index (Phi) is 4.04. The van der Waals surface area contributed by atoms with E-state index in [0.29, 0.717) is 0 Å². The van der Waals surface area contributed by atoms with Crippen molar-refractivity contribution in [2.75, 3.05) is 13.1 Å². The molecule has 0 bridgehead atoms. The number of halogens is 1. The van der Waals surface area contributed by atoms with Crippen LogP contribution in [0.1, 0.15) is 12.8 Å². The van der Waals surface area contributed by atoms with Crippen LogP contribution in [0.4, 0.5) is 0 Å². The first-order chi connectivity index (χ1) is 6.36. The summed E-state index contributed by atoms with van der Waals surface area (Å²) in [5.41, 5.74) is 2.53. The number of hydrogen-bond donors (Lipinski definition) is 1. The minimum Gasteiger partial charge on any atom is -0.316 e. The molecule has 1 amide bonds. The van der Waals surface area contributed by atoms with Crippen LogP contribution >= 0.6 is 12.4 Å². The molecule has 0 unspecified atom stereocenters. The number of piperidine rings is 1. The van der Waals surface area contributed by atoms with Gasteiger partial charge in [-0.2, -0.15) is 0 Å². The topological polar surface area (TPSA) is 41.5 Å². The number of allylic oxidation sites excluding steroid dienone is 2. The molecule has 4 heteroatoms. The molecule has 0 aliphatic carbocycles. The maximum Gasteiger partial charge on any atom is 0.269 e. The van der Waals surface area contributed by atoms with Crippen molar-refractivity contribution < 1.29 is 4.79 Å². The lowest BCUT2D eigenvalue weighted by Crippen LogP contribution is -2.24. The predicted octanol–water partition coefficient (Wildman–Crippen LogP) is 1.26. The lowest BCUT2D eigenvalue weighted by atomic mass is 9.98. The van der Waals surface area contributed by atoms with Crippen molar-refractivity contribution in [2.24, 2.45) is 4.99 Å². The fourth-order valence-corrected chi connectivity index (χ4v) is 1.61. The Bertz CT molecular complexity index is 292. The number of aliphatic imine (C=N–C) groups is 1. The van der Waals surface area contributed by atoms with E-state index in [-0.39, 0.29) is 18.3 Å². The highest BCUT2D eigenvalue weighted by Gasteiger charge is 2.09. The van der Waals surface area contributed by atoms with Crippen LogP contribution in [-0.4, -0.2) is 25.2 Å². The quantitative estimate of drug-likeness (QED) is 0.657. The lowest BCUT2D eigenvalue weighted by Gasteiger charge is -2.17. The highest BCUT2D eigenvalue weighted by atomic mass is 35.5. The van der Waals surface area contributed by atoms with Crippen molar-refractivity contribution in [3.05, 3.63) is 23.3 Å². The van der Waals surface area contributed by atoms with Crippen molar-refractivity contribution in [2.45, 2.75) is 12.8 Å². The van der Waals surface area contributed by atoms with Gasteiger partial charge in [0.15, 0.2) is 0 Å². The molecule has 14 heavy (non-hydrogen) atoms. The second-order valence-corrected chi connectivity index (χ2v) is 3.24. The number of nitrogens with zero attached hydrogens (tertiary/aromatic N) is 1. The van der Waals surface area contributed by atoms with Gasteiger partial charge < -0.3 is 5.32 Å². The molecule has 2 heterocycles. The average Bonchev–Trinajstić information content (AvgIpc) is 2.20. The molecule has 2 aliphatic rings. The van der Waals surface area contributed by atoms with E-state index in [1.54, 1.807) is 6.21 Å². The molecule has 3 nitrogen and oxygen atoms in total. The first-order valence-corrected chi connectivity index (χ1v) is 4.55. The Hall–Kier alpha value is -0.930. The van der Waals surface area contributed by atoms with Gasteiger partial charge in [-0.1, -0.05) is 5.57 Å². The second-order valence-electron chi connectivity index (χ2n) is 3.24. The van der Waals surface area contributed by atoms with E-state index >= 15 is 0 Å². The summed E-state index contributed by atoms with van der Waals surface area (Å²) < 4.78 is 0. The van der Waals surface area contributed by atoms with Gasteiger partial charge in [0.1, 0.15) is 0 Å². The van der Waals surface area contributed by atoms with Crippen LogP contribution in [0.2, 0.25) is 0 Å². The van der Waals surface area contributed by atoms with Crippen LogP contribution < -0.4 is 5.32 Å². The van der Waals surface area contributed by atoms with E-state index < -0.39 is 0 Å². The summed E-state index contributed by atoms with van der Waals surface area (Å²) in [6.45, 7) is 2.07. The SMILES string of the molecule is Cl.O=C1C=CC(=C2CCNCC2)C=N1. The summed E-state index contributed by atoms with van der Waals surface area (Å²) in [5, 5.41) is 3.29. The van der Waals surface area contributed by atoms with Gasteiger partial charge in [-0.3, -0.25) is 4.79 Å². The zero-order valence-electron chi connectivity index (χ0n) is 7.82. The van der Waals surface area contributed by atoms with E-state index in [2.05, 4.69) is 10.3 Å². The molecule has 76 valence electrons. The Morgan fingerprint density at radius 3 is 2.50 bits per heavy atom. The van der Waals surface area contributed by atoms with Crippen molar-refractivity contribution in [3.63, 3.8) is 0 Å². The number of rotatable bonds is 0. The molecule has 0 atom stereocenters. The molecular weight excluding hydrogens is 200 g/mol. The molecular formula is C10H13ClN2O. The monoisotopic (exact) mass is 212 g/mol. The molecule has 2 rings (SSSR count). The number of carbonyl (C=O) groups is 1. The highest BCUT2D eigenvalue weighted by molar-refractivity contribution is 6.03. The van der Waals surface area contributed by atoms with Gasteiger partial charge in [0, 0.05) is 12.3 Å². The molecule has 0 spiro atoms. The molecule has 1 saturated heterocycles. The van der Waals surface area contributed by atoms with Gasteiger partial charge in [-0.15, -0.1) is 12.4 Å². The minimum atomic E-state index is -0.154. The molecule has 1 fully saturated rings. The third kappa shape index (κ3) is 2.53. The zero-order chi connectivity index (χ0) is 9.10. The molecule has 1 N–H and O–H groups in total. The lowest BCUT2D eigenvalue weighted by molar-refractivity contribution is -0.113. The van der Waals surface area contributed by atoms with E-state index in [9.17, 15) is 4.79 Å². The standard InChI is InChI=1S/C10H12N2O.ClH/c13-10-2-1-9(7-12-10)8-3-5-11-6-4-8;/h1-2,7,11H,3-6H2;1H. The van der Waals surface area contributed by atoms with E-state index in [0.717, 1.165) is 31.5 Å². The van der Waals surface area contributed by atoms with Crippen molar-refractivity contribution in [1.29, 1.82) is 0 Å². The maximum atomic E-state index is 10.8. The Morgan fingerprint density at radius 2 is 1.93 bits per heavy atom. The van der Waals surface area contributed by atoms with Gasteiger partial charge in [0.2, 0.25) is 0 Å². The Balaban J connectivity index is 0.000000980. The van der Waals surface area contributed by atoms with E-state index in [1.165, 1.54) is 11.6 Å². The van der Waals surface area contributed by atoms with Crippen molar-refractivity contribution >= 4 is 24.5 Å². The fourth-order valence-electron chi connectivity index (χ4n) is 1.61. The first-order valence-electron chi connectivity index (χ1n) is 4.55. The molecule has 0 aromatic rings. The zero-order valence-corrected chi connectivity index (χ0v) is 8.64. The smallest absolute Gasteiger partial charge is 0.269 e. The summed E-state index contributed by atoms with van der Waals surface area (Å²) in [4.78, 5) is 14.5. The Labute approximate surface area is 89.4 Å². The summed E-state index contributed by atoms with van der Waals surface area (Å²) >= 11 is 0. The number of dihydropyridines is 1. The van der Waals surface area contributed by atoms with Crippen LogP contribution in [-0.2, 0) is 4.79 Å². The van der Waals surface area contributed by atoms with Crippen LogP contribution in [0.3, 0.4) is 0 Å². The molecule has 2 aliphatic heterocycles. The number of hydrogen-bond acceptors (Lipinski definition) is 2. The first kappa shape index (κ1) is 11.1.